The normalized spacial score (nSPS) is 17.1. The van der Waals surface area contributed by atoms with E-state index in [1.807, 2.05) is 18.2 Å². The number of rotatable bonds is 3. The number of benzene rings is 1. The van der Waals surface area contributed by atoms with Gasteiger partial charge in [0.15, 0.2) is 11.8 Å². The predicted molar refractivity (Wildman–Crippen MR) is 123 cm³/mol. The van der Waals surface area contributed by atoms with Crippen LogP contribution in [0.25, 0.3) is 16.6 Å². The SMILES string of the molecule is Cc1cc(C(=O)N2CCC(F)(F)C(Oc3ccc4ccccc4n3)C2)n2nccc2n1.O=C(O)C(F)(F)F. The van der Waals surface area contributed by atoms with Crippen molar-refractivity contribution in [2.75, 3.05) is 13.1 Å². The lowest BCUT2D eigenvalue weighted by molar-refractivity contribution is -0.192. The van der Waals surface area contributed by atoms with Crippen LogP contribution in [0, 0.1) is 6.92 Å². The highest BCUT2D eigenvalue weighted by Crippen LogP contribution is 2.32. The largest absolute Gasteiger partial charge is 0.490 e. The summed E-state index contributed by atoms with van der Waals surface area (Å²) in [7, 11) is 0. The van der Waals surface area contributed by atoms with Crippen molar-refractivity contribution in [2.24, 2.45) is 0 Å². The first-order valence-electron chi connectivity index (χ1n) is 11.2. The summed E-state index contributed by atoms with van der Waals surface area (Å²) in [5.41, 5.74) is 2.10. The summed E-state index contributed by atoms with van der Waals surface area (Å²) in [5, 5.41) is 12.1. The highest BCUT2D eigenvalue weighted by molar-refractivity contribution is 5.93. The van der Waals surface area contributed by atoms with Crippen molar-refractivity contribution in [1.29, 1.82) is 0 Å². The Labute approximate surface area is 211 Å². The van der Waals surface area contributed by atoms with E-state index in [0.717, 1.165) is 5.39 Å². The van der Waals surface area contributed by atoms with Gasteiger partial charge in [-0.1, -0.05) is 18.2 Å². The number of halogens is 5. The Morgan fingerprint density at radius 2 is 1.82 bits per heavy atom. The second kappa shape index (κ2) is 10.2. The summed E-state index contributed by atoms with van der Waals surface area (Å²) in [4.78, 5) is 32.1. The maximum absolute atomic E-state index is 14.7. The quantitative estimate of drug-likeness (QED) is 0.391. The molecule has 1 amide bonds. The first-order valence-corrected chi connectivity index (χ1v) is 11.2. The summed E-state index contributed by atoms with van der Waals surface area (Å²) in [6.45, 7) is 1.43. The van der Waals surface area contributed by atoms with E-state index >= 15 is 0 Å². The lowest BCUT2D eigenvalue weighted by Gasteiger charge is -2.37. The van der Waals surface area contributed by atoms with Crippen molar-refractivity contribution in [3.05, 3.63) is 66.1 Å². The fourth-order valence-electron chi connectivity index (χ4n) is 3.79. The Kier molecular flexibility index (Phi) is 7.16. The van der Waals surface area contributed by atoms with Crippen molar-refractivity contribution < 1.29 is 41.4 Å². The van der Waals surface area contributed by atoms with Crippen molar-refractivity contribution in [2.45, 2.75) is 31.5 Å². The number of hydrogen-bond donors (Lipinski definition) is 1. The number of piperidine rings is 1. The first kappa shape index (κ1) is 26.7. The summed E-state index contributed by atoms with van der Waals surface area (Å²) in [6.07, 6.45) is -5.54. The van der Waals surface area contributed by atoms with Crippen LogP contribution in [0.3, 0.4) is 0 Å². The van der Waals surface area contributed by atoms with Crippen molar-refractivity contribution in [1.82, 2.24) is 24.5 Å². The number of aromatic nitrogens is 4. The van der Waals surface area contributed by atoms with E-state index in [2.05, 4.69) is 15.1 Å². The number of amides is 1. The number of hydrogen-bond acceptors (Lipinski definition) is 6. The number of carbonyl (C=O) groups is 2. The summed E-state index contributed by atoms with van der Waals surface area (Å²) < 4.78 is 68.1. The van der Waals surface area contributed by atoms with Gasteiger partial charge in [0.05, 0.1) is 18.3 Å². The number of aliphatic carboxylic acids is 1. The molecule has 1 aliphatic heterocycles. The van der Waals surface area contributed by atoms with E-state index < -0.39 is 36.5 Å². The topological polar surface area (TPSA) is 110 Å². The number of ether oxygens (including phenoxy) is 1. The van der Waals surface area contributed by atoms with E-state index in [-0.39, 0.29) is 24.7 Å². The standard InChI is InChI=1S/C22H19F2N5O2.C2HF3O2/c1-14-12-17(29-19(26-14)8-10-25-29)21(30)28-11-9-22(23,24)18(13-28)31-20-7-6-15-4-2-3-5-16(15)27-20;3-2(4,5)1(6)7/h2-8,10,12,18H,9,11,13H2,1H3;(H,6,7). The smallest absolute Gasteiger partial charge is 0.475 e. The minimum atomic E-state index is -5.08. The van der Waals surface area contributed by atoms with Crippen molar-refractivity contribution >= 4 is 28.4 Å². The van der Waals surface area contributed by atoms with Gasteiger partial charge in [0.1, 0.15) is 5.69 Å². The summed E-state index contributed by atoms with van der Waals surface area (Å²) in [5.74, 6) is -6.13. The number of carboxylic acids is 1. The zero-order valence-electron chi connectivity index (χ0n) is 19.7. The summed E-state index contributed by atoms with van der Waals surface area (Å²) in [6, 6.07) is 14.0. The molecule has 0 spiro atoms. The highest BCUT2D eigenvalue weighted by atomic mass is 19.4. The molecule has 1 fully saturated rings. The van der Waals surface area contributed by atoms with E-state index in [4.69, 9.17) is 14.6 Å². The third-order valence-electron chi connectivity index (χ3n) is 5.64. The molecular formula is C24H20F5N5O4. The van der Waals surface area contributed by atoms with Crippen LogP contribution in [0.1, 0.15) is 22.6 Å². The molecule has 0 radical (unpaired) electrons. The maximum Gasteiger partial charge on any atom is 0.490 e. The molecule has 0 aliphatic carbocycles. The second-order valence-electron chi connectivity index (χ2n) is 8.40. The first-order chi connectivity index (χ1) is 17.8. The molecule has 1 atom stereocenters. The molecule has 3 aromatic heterocycles. The molecule has 0 bridgehead atoms. The number of alkyl halides is 5. The van der Waals surface area contributed by atoms with Crippen LogP contribution in [0.2, 0.25) is 0 Å². The van der Waals surface area contributed by atoms with Crippen LogP contribution in [0.4, 0.5) is 22.0 Å². The van der Waals surface area contributed by atoms with E-state index in [1.54, 1.807) is 43.5 Å². The van der Waals surface area contributed by atoms with Gasteiger partial charge in [0, 0.05) is 36.2 Å². The lowest BCUT2D eigenvalue weighted by atomic mass is 10.0. The molecular weight excluding hydrogens is 517 g/mol. The van der Waals surface area contributed by atoms with Gasteiger partial charge in [-0.3, -0.25) is 4.79 Å². The fraction of sp³-hybridized carbons (Fsp3) is 0.292. The number of carboxylic acid groups (broad SMARTS) is 1. The third kappa shape index (κ3) is 5.79. The summed E-state index contributed by atoms with van der Waals surface area (Å²) >= 11 is 0. The predicted octanol–water partition coefficient (Wildman–Crippen LogP) is 4.15. The number of aryl methyl sites for hydroxylation is 1. The van der Waals surface area contributed by atoms with Gasteiger partial charge >= 0.3 is 12.1 Å². The monoisotopic (exact) mass is 537 g/mol. The van der Waals surface area contributed by atoms with Gasteiger partial charge in [-0.05, 0) is 25.1 Å². The molecule has 0 saturated carbocycles. The number of nitrogens with zero attached hydrogens (tertiary/aromatic N) is 5. The molecule has 4 aromatic rings. The average Bonchev–Trinajstić information content (AvgIpc) is 3.32. The van der Waals surface area contributed by atoms with Crippen LogP contribution in [-0.4, -0.2) is 72.8 Å². The fourth-order valence-corrected chi connectivity index (χ4v) is 3.79. The zero-order valence-corrected chi connectivity index (χ0v) is 19.7. The molecule has 1 aliphatic rings. The van der Waals surface area contributed by atoms with Crippen molar-refractivity contribution in [3.8, 4) is 5.88 Å². The van der Waals surface area contributed by atoms with Gasteiger partial charge in [-0.15, -0.1) is 0 Å². The molecule has 1 saturated heterocycles. The Hall–Kier alpha value is -4.36. The van der Waals surface area contributed by atoms with Gasteiger partial charge < -0.3 is 14.7 Å². The molecule has 14 heteroatoms. The van der Waals surface area contributed by atoms with Crippen LogP contribution in [0.5, 0.6) is 5.88 Å². The molecule has 5 rings (SSSR count). The van der Waals surface area contributed by atoms with Crippen LogP contribution >= 0.6 is 0 Å². The molecule has 4 heterocycles. The minimum absolute atomic E-state index is 0.0824. The van der Waals surface area contributed by atoms with E-state index in [1.165, 1.54) is 9.42 Å². The molecule has 9 nitrogen and oxygen atoms in total. The van der Waals surface area contributed by atoms with Gasteiger partial charge in [-0.2, -0.15) is 18.3 Å². The zero-order chi connectivity index (χ0) is 27.7. The minimum Gasteiger partial charge on any atom is -0.475 e. The number of para-hydroxylation sites is 1. The Balaban J connectivity index is 0.000000426. The number of fused-ring (bicyclic) bond motifs is 2. The van der Waals surface area contributed by atoms with Gasteiger partial charge in [0.2, 0.25) is 5.88 Å². The Morgan fingerprint density at radius 3 is 2.53 bits per heavy atom. The Bertz CT molecular complexity index is 1490. The van der Waals surface area contributed by atoms with E-state index in [9.17, 15) is 26.7 Å². The van der Waals surface area contributed by atoms with Gasteiger partial charge in [-0.25, -0.2) is 28.1 Å². The van der Waals surface area contributed by atoms with E-state index in [0.29, 0.717) is 16.9 Å². The lowest BCUT2D eigenvalue weighted by Crippen LogP contribution is -2.55. The number of pyridine rings is 1. The molecule has 38 heavy (non-hydrogen) atoms. The van der Waals surface area contributed by atoms with Crippen LogP contribution in [0.15, 0.2) is 54.7 Å². The average molecular weight is 537 g/mol. The highest BCUT2D eigenvalue weighted by Gasteiger charge is 2.47. The van der Waals surface area contributed by atoms with Crippen LogP contribution in [-0.2, 0) is 4.79 Å². The molecule has 1 unspecified atom stereocenters. The third-order valence-corrected chi connectivity index (χ3v) is 5.64. The van der Waals surface area contributed by atoms with Crippen molar-refractivity contribution in [3.63, 3.8) is 0 Å². The molecule has 1 N–H and O–H groups in total. The van der Waals surface area contributed by atoms with Gasteiger partial charge in [0.25, 0.3) is 11.8 Å². The number of carbonyl (C=O) groups excluding carboxylic acids is 1. The molecule has 1 aromatic carbocycles. The molecule has 200 valence electrons. The number of likely N-dealkylation sites (tertiary alicyclic amines) is 1. The maximum atomic E-state index is 14.7. The van der Waals surface area contributed by atoms with Crippen LogP contribution < -0.4 is 4.74 Å². The second-order valence-corrected chi connectivity index (χ2v) is 8.40. The Morgan fingerprint density at radius 1 is 1.11 bits per heavy atom.